The highest BCUT2D eigenvalue weighted by Crippen LogP contribution is 2.39. The van der Waals surface area contributed by atoms with E-state index < -0.39 is 11.9 Å². The first-order chi connectivity index (χ1) is 12.9. The van der Waals surface area contributed by atoms with Gasteiger partial charge in [-0.25, -0.2) is 9.97 Å². The van der Waals surface area contributed by atoms with E-state index in [0.717, 1.165) is 34.4 Å². The highest BCUT2D eigenvalue weighted by atomic mass is 32.2. The second-order valence-corrected chi connectivity index (χ2v) is 9.02. The molecule has 3 aromatic heterocycles. The number of anilines is 1. The summed E-state index contributed by atoms with van der Waals surface area (Å²) in [4.78, 5) is 12.1. The maximum atomic E-state index is 13.0. The Balaban J connectivity index is 2.03. The first-order valence-electron chi connectivity index (χ1n) is 8.70. The topological polar surface area (TPSA) is 69.6 Å². The zero-order valence-corrected chi connectivity index (χ0v) is 17.1. The number of rotatable bonds is 3. The highest BCUT2D eigenvalue weighted by Gasteiger charge is 2.34. The Morgan fingerprint density at radius 1 is 1.18 bits per heavy atom. The third-order valence-corrected chi connectivity index (χ3v) is 5.38. The van der Waals surface area contributed by atoms with E-state index in [1.54, 1.807) is 6.20 Å². The summed E-state index contributed by atoms with van der Waals surface area (Å²) >= 11 is 1.10. The number of alkyl halides is 3. The molecule has 0 amide bonds. The van der Waals surface area contributed by atoms with Crippen LogP contribution < -0.4 is 5.73 Å². The average molecular weight is 409 g/mol. The van der Waals surface area contributed by atoms with Crippen molar-refractivity contribution in [3.05, 3.63) is 41.5 Å². The van der Waals surface area contributed by atoms with Crippen LogP contribution in [0.15, 0.2) is 29.7 Å². The van der Waals surface area contributed by atoms with Gasteiger partial charge in [-0.15, -0.1) is 0 Å². The molecule has 3 aromatic rings. The molecule has 2 N–H and O–H groups in total. The quantitative estimate of drug-likeness (QED) is 0.481. The smallest absolute Gasteiger partial charge is 0.384 e. The minimum absolute atomic E-state index is 0.0242. The molecule has 28 heavy (non-hydrogen) atoms. The number of fused-ring (bicyclic) bond motifs is 1. The molecule has 0 radical (unpaired) electrons. The summed E-state index contributed by atoms with van der Waals surface area (Å²) in [5.74, 6) is -0.211. The van der Waals surface area contributed by atoms with Crippen LogP contribution in [0, 0.1) is 0 Å². The molecule has 0 saturated heterocycles. The normalized spacial score (nSPS) is 13.9. The summed E-state index contributed by atoms with van der Waals surface area (Å²) in [6.07, 6.45) is -0.773. The lowest BCUT2D eigenvalue weighted by molar-refractivity contribution is -0.141. The maximum absolute atomic E-state index is 13.0. The highest BCUT2D eigenvalue weighted by molar-refractivity contribution is 7.99. The van der Waals surface area contributed by atoms with Crippen molar-refractivity contribution in [2.45, 2.75) is 49.7 Å². The summed E-state index contributed by atoms with van der Waals surface area (Å²) < 4.78 is 41.1. The molecule has 0 aromatic carbocycles. The number of aryl methyl sites for hydroxylation is 1. The van der Waals surface area contributed by atoms with Crippen molar-refractivity contribution in [2.24, 2.45) is 7.05 Å². The fourth-order valence-corrected chi connectivity index (χ4v) is 4.05. The van der Waals surface area contributed by atoms with E-state index in [1.807, 2.05) is 24.6 Å². The largest absolute Gasteiger partial charge is 0.433 e. The van der Waals surface area contributed by atoms with E-state index in [4.69, 9.17) is 5.73 Å². The van der Waals surface area contributed by atoms with Gasteiger partial charge in [0.15, 0.2) is 10.9 Å². The predicted octanol–water partition coefficient (Wildman–Crippen LogP) is 5.12. The molecule has 1 unspecified atom stereocenters. The molecule has 0 saturated carbocycles. The van der Waals surface area contributed by atoms with E-state index in [-0.39, 0.29) is 21.6 Å². The minimum atomic E-state index is -4.58. The second-order valence-electron chi connectivity index (χ2n) is 7.71. The average Bonchev–Trinajstić information content (AvgIpc) is 2.91. The molecular formula is C19H22F3N5S. The van der Waals surface area contributed by atoms with Gasteiger partial charge in [0.2, 0.25) is 0 Å². The number of hydrogen-bond donors (Lipinski definition) is 1. The van der Waals surface area contributed by atoms with Gasteiger partial charge in [0.1, 0.15) is 5.82 Å². The molecule has 150 valence electrons. The lowest BCUT2D eigenvalue weighted by atomic mass is 9.87. The van der Waals surface area contributed by atoms with Gasteiger partial charge in [-0.1, -0.05) is 32.5 Å². The lowest BCUT2D eigenvalue weighted by Gasteiger charge is -2.18. The second kappa shape index (κ2) is 6.95. The van der Waals surface area contributed by atoms with Crippen molar-refractivity contribution in [3.63, 3.8) is 0 Å². The number of nitrogens with zero attached hydrogens (tertiary/aromatic N) is 4. The number of pyridine rings is 1. The van der Waals surface area contributed by atoms with Crippen molar-refractivity contribution in [1.82, 2.24) is 19.5 Å². The molecule has 0 aliphatic rings. The van der Waals surface area contributed by atoms with Gasteiger partial charge in [0, 0.05) is 30.9 Å². The number of hydrogen-bond acceptors (Lipinski definition) is 5. The van der Waals surface area contributed by atoms with Crippen molar-refractivity contribution < 1.29 is 13.2 Å². The molecular weight excluding hydrogens is 387 g/mol. The fraction of sp³-hybridized carbons (Fsp3) is 0.421. The summed E-state index contributed by atoms with van der Waals surface area (Å²) in [5.41, 5.74) is 7.36. The predicted molar refractivity (Wildman–Crippen MR) is 105 cm³/mol. The fourth-order valence-electron chi connectivity index (χ4n) is 3.14. The first kappa shape index (κ1) is 20.4. The molecule has 1 atom stereocenters. The monoisotopic (exact) mass is 409 g/mol. The molecule has 0 spiro atoms. The third kappa shape index (κ3) is 3.94. The number of nitrogen functional groups attached to an aromatic ring is 1. The molecule has 0 aliphatic heterocycles. The lowest BCUT2D eigenvalue weighted by Crippen LogP contribution is -2.11. The summed E-state index contributed by atoms with van der Waals surface area (Å²) in [5, 5.41) is 0.786. The first-order valence-corrected chi connectivity index (χ1v) is 9.58. The molecule has 9 heteroatoms. The van der Waals surface area contributed by atoms with Crippen LogP contribution in [-0.4, -0.2) is 19.5 Å². The van der Waals surface area contributed by atoms with E-state index in [9.17, 15) is 13.2 Å². The third-order valence-electron chi connectivity index (χ3n) is 4.41. The Morgan fingerprint density at radius 3 is 2.46 bits per heavy atom. The van der Waals surface area contributed by atoms with Crippen LogP contribution >= 0.6 is 11.8 Å². The molecule has 3 heterocycles. The van der Waals surface area contributed by atoms with Gasteiger partial charge in [-0.05, 0) is 24.0 Å². The number of thioether (sulfide) groups is 1. The van der Waals surface area contributed by atoms with Crippen LogP contribution in [0.25, 0.3) is 10.9 Å². The van der Waals surface area contributed by atoms with E-state index in [0.29, 0.717) is 0 Å². The SMILES string of the molecule is CC(Sc1nc(N)cc(C(F)(F)F)n1)c1nccc2c(C(C)(C)C)cn(C)c12. The summed E-state index contributed by atoms with van der Waals surface area (Å²) in [6.45, 7) is 8.29. The Kier molecular flexibility index (Phi) is 5.07. The van der Waals surface area contributed by atoms with Crippen molar-refractivity contribution in [2.75, 3.05) is 5.73 Å². The zero-order chi connectivity index (χ0) is 20.9. The summed E-state index contributed by atoms with van der Waals surface area (Å²) in [7, 11) is 1.94. The van der Waals surface area contributed by atoms with Gasteiger partial charge < -0.3 is 10.3 Å². The van der Waals surface area contributed by atoms with Gasteiger partial charge in [-0.2, -0.15) is 13.2 Å². The number of nitrogens with two attached hydrogens (primary N) is 1. The Hall–Kier alpha value is -2.29. The van der Waals surface area contributed by atoms with Crippen LogP contribution in [0.1, 0.15) is 49.9 Å². The van der Waals surface area contributed by atoms with Gasteiger partial charge in [0.25, 0.3) is 0 Å². The van der Waals surface area contributed by atoms with Crippen molar-refractivity contribution in [1.29, 1.82) is 0 Å². The van der Waals surface area contributed by atoms with Crippen LogP contribution in [0.3, 0.4) is 0 Å². The Bertz CT molecular complexity index is 1020. The van der Waals surface area contributed by atoms with Crippen molar-refractivity contribution in [3.8, 4) is 0 Å². The summed E-state index contributed by atoms with van der Waals surface area (Å²) in [6, 6.07) is 2.70. The molecule has 3 rings (SSSR count). The minimum Gasteiger partial charge on any atom is -0.384 e. The maximum Gasteiger partial charge on any atom is 0.433 e. The number of aromatic nitrogens is 4. The van der Waals surface area contributed by atoms with Crippen LogP contribution in [0.5, 0.6) is 0 Å². The number of halogens is 3. The van der Waals surface area contributed by atoms with E-state index in [2.05, 4.69) is 41.9 Å². The molecule has 5 nitrogen and oxygen atoms in total. The molecule has 0 bridgehead atoms. The van der Waals surface area contributed by atoms with Crippen LogP contribution in [-0.2, 0) is 18.6 Å². The molecule has 0 fully saturated rings. The van der Waals surface area contributed by atoms with Crippen molar-refractivity contribution >= 4 is 28.5 Å². The van der Waals surface area contributed by atoms with Crippen LogP contribution in [0.2, 0.25) is 0 Å². The van der Waals surface area contributed by atoms with Gasteiger partial charge in [-0.3, -0.25) is 4.98 Å². The van der Waals surface area contributed by atoms with E-state index >= 15 is 0 Å². The van der Waals surface area contributed by atoms with Crippen LogP contribution in [0.4, 0.5) is 19.0 Å². The zero-order valence-electron chi connectivity index (χ0n) is 16.3. The Labute approximate surface area is 165 Å². The molecule has 0 aliphatic carbocycles. The van der Waals surface area contributed by atoms with Gasteiger partial charge in [0.05, 0.1) is 16.5 Å². The van der Waals surface area contributed by atoms with Gasteiger partial charge >= 0.3 is 6.18 Å². The Morgan fingerprint density at radius 2 is 1.86 bits per heavy atom. The van der Waals surface area contributed by atoms with E-state index in [1.165, 1.54) is 5.56 Å². The standard InChI is InChI=1S/C19H22F3N5S/c1-10(28-17-25-13(19(20,21)22)8-14(23)26-17)15-16-11(6-7-24-15)12(9-27(16)5)18(2,3)4/h6-10H,1-5H3,(H2,23,25,26).